The third-order valence-corrected chi connectivity index (χ3v) is 4.24. The zero-order valence-electron chi connectivity index (χ0n) is 11.9. The molecule has 0 radical (unpaired) electrons. The van der Waals surface area contributed by atoms with E-state index in [1.165, 1.54) is 6.42 Å². The van der Waals surface area contributed by atoms with Crippen molar-refractivity contribution >= 4 is 11.6 Å². The number of benzene rings is 1. The van der Waals surface area contributed by atoms with Crippen molar-refractivity contribution in [2.45, 2.75) is 31.4 Å². The van der Waals surface area contributed by atoms with E-state index >= 15 is 0 Å². The number of carbonyl (C=O) groups is 1. The number of fused-ring (bicyclic) bond motifs is 1. The van der Waals surface area contributed by atoms with Gasteiger partial charge in [0.15, 0.2) is 0 Å². The summed E-state index contributed by atoms with van der Waals surface area (Å²) in [7, 11) is 0. The summed E-state index contributed by atoms with van der Waals surface area (Å²) in [5, 5.41) is 11.6. The zero-order valence-corrected chi connectivity index (χ0v) is 11.9. The number of anilines is 1. The molecule has 0 aromatic heterocycles. The topological polar surface area (TPSA) is 65.4 Å². The largest absolute Gasteiger partial charge is 0.375 e. The molecule has 5 nitrogen and oxygen atoms in total. The van der Waals surface area contributed by atoms with Crippen LogP contribution >= 0.6 is 0 Å². The van der Waals surface area contributed by atoms with Gasteiger partial charge in [-0.15, -0.1) is 0 Å². The average molecular weight is 285 g/mol. The Morgan fingerprint density at radius 3 is 2.95 bits per heavy atom. The van der Waals surface area contributed by atoms with Gasteiger partial charge in [0, 0.05) is 18.3 Å². The molecule has 3 rings (SSSR count). The molecule has 2 atom stereocenters. The monoisotopic (exact) mass is 285 g/mol. The van der Waals surface area contributed by atoms with Crippen molar-refractivity contribution < 1.29 is 9.53 Å². The average Bonchev–Trinajstić information content (AvgIpc) is 2.97. The number of rotatable bonds is 3. The highest BCUT2D eigenvalue weighted by Gasteiger charge is 2.36. The van der Waals surface area contributed by atoms with Gasteiger partial charge in [0.2, 0.25) is 5.91 Å². The molecule has 2 fully saturated rings. The van der Waals surface area contributed by atoms with Gasteiger partial charge in [-0.2, -0.15) is 5.26 Å². The van der Waals surface area contributed by atoms with Crippen LogP contribution in [0.15, 0.2) is 24.3 Å². The van der Waals surface area contributed by atoms with E-state index in [-0.39, 0.29) is 5.91 Å². The molecule has 2 aliphatic rings. The number of nitrogens with zero attached hydrogens (tertiary/aromatic N) is 2. The molecule has 1 aliphatic carbocycles. The summed E-state index contributed by atoms with van der Waals surface area (Å²) >= 11 is 0. The number of amides is 1. The maximum atomic E-state index is 12.2. The van der Waals surface area contributed by atoms with Crippen LogP contribution in [0.25, 0.3) is 0 Å². The summed E-state index contributed by atoms with van der Waals surface area (Å²) in [5.41, 5.74) is 1.32. The fraction of sp³-hybridized carbons (Fsp3) is 0.500. The maximum Gasteiger partial charge on any atom is 0.238 e. The molecule has 1 saturated carbocycles. The summed E-state index contributed by atoms with van der Waals surface area (Å²) < 4.78 is 5.75. The van der Waals surface area contributed by atoms with Crippen LogP contribution in [0.2, 0.25) is 0 Å². The van der Waals surface area contributed by atoms with E-state index in [1.54, 1.807) is 24.3 Å². The van der Waals surface area contributed by atoms with Crippen molar-refractivity contribution in [2.24, 2.45) is 0 Å². The van der Waals surface area contributed by atoms with Crippen LogP contribution in [0.4, 0.5) is 5.69 Å². The lowest BCUT2D eigenvalue weighted by Crippen LogP contribution is -2.51. The summed E-state index contributed by atoms with van der Waals surface area (Å²) in [6.07, 6.45) is 3.72. The standard InChI is InChI=1S/C16H19N3O2/c17-10-12-4-6-13(7-5-12)18-16(20)11-19-8-9-21-15-3-1-2-14(15)19/h4-7,14-15H,1-3,8-9,11H2,(H,18,20). The van der Waals surface area contributed by atoms with Gasteiger partial charge < -0.3 is 10.1 Å². The molecular weight excluding hydrogens is 266 g/mol. The SMILES string of the molecule is N#Cc1ccc(NC(=O)CN2CCOC3CCCC32)cc1. The quantitative estimate of drug-likeness (QED) is 0.919. The Kier molecular flexibility index (Phi) is 4.18. The van der Waals surface area contributed by atoms with Gasteiger partial charge >= 0.3 is 0 Å². The molecular formula is C16H19N3O2. The van der Waals surface area contributed by atoms with Gasteiger partial charge in [-0.25, -0.2) is 0 Å². The Hall–Kier alpha value is -1.90. The van der Waals surface area contributed by atoms with Crippen molar-refractivity contribution in [1.29, 1.82) is 5.26 Å². The Labute approximate surface area is 124 Å². The molecule has 21 heavy (non-hydrogen) atoms. The molecule has 1 aliphatic heterocycles. The third-order valence-electron chi connectivity index (χ3n) is 4.24. The summed E-state index contributed by atoms with van der Waals surface area (Å²) in [6, 6.07) is 9.39. The number of ether oxygens (including phenoxy) is 1. The van der Waals surface area contributed by atoms with Crippen LogP contribution in [0, 0.1) is 11.3 Å². The first-order chi connectivity index (χ1) is 10.3. The Bertz CT molecular complexity index is 550. The smallest absolute Gasteiger partial charge is 0.238 e. The molecule has 0 bridgehead atoms. The van der Waals surface area contributed by atoms with E-state index in [1.807, 2.05) is 0 Å². The van der Waals surface area contributed by atoms with E-state index in [9.17, 15) is 4.79 Å². The second kappa shape index (κ2) is 6.25. The fourth-order valence-electron chi connectivity index (χ4n) is 3.22. The van der Waals surface area contributed by atoms with Gasteiger partial charge in [0.25, 0.3) is 0 Å². The number of nitriles is 1. The van der Waals surface area contributed by atoms with Gasteiger partial charge in [-0.1, -0.05) is 0 Å². The summed E-state index contributed by atoms with van der Waals surface area (Å²) in [6.45, 7) is 1.94. The minimum Gasteiger partial charge on any atom is -0.375 e. The van der Waals surface area contributed by atoms with Crippen LogP contribution in [-0.4, -0.2) is 42.6 Å². The van der Waals surface area contributed by atoms with Crippen LogP contribution < -0.4 is 5.32 Å². The lowest BCUT2D eigenvalue weighted by atomic mass is 10.1. The molecule has 1 amide bonds. The van der Waals surface area contributed by atoms with E-state index in [0.29, 0.717) is 30.9 Å². The lowest BCUT2D eigenvalue weighted by molar-refractivity contribution is -0.121. The van der Waals surface area contributed by atoms with Crippen LogP contribution in [-0.2, 0) is 9.53 Å². The van der Waals surface area contributed by atoms with Gasteiger partial charge in [0.1, 0.15) is 0 Å². The van der Waals surface area contributed by atoms with Gasteiger partial charge in [-0.05, 0) is 43.5 Å². The first kappa shape index (κ1) is 14.1. The van der Waals surface area contributed by atoms with E-state index in [2.05, 4.69) is 16.3 Å². The van der Waals surface area contributed by atoms with Crippen molar-refractivity contribution in [3.63, 3.8) is 0 Å². The highest BCUT2D eigenvalue weighted by molar-refractivity contribution is 5.92. The van der Waals surface area contributed by atoms with Crippen LogP contribution in [0.5, 0.6) is 0 Å². The molecule has 1 aromatic carbocycles. The fourth-order valence-corrected chi connectivity index (χ4v) is 3.22. The molecule has 1 N–H and O–H groups in total. The highest BCUT2D eigenvalue weighted by Crippen LogP contribution is 2.29. The number of hydrogen-bond donors (Lipinski definition) is 1. The Balaban J connectivity index is 1.57. The molecule has 1 saturated heterocycles. The van der Waals surface area contributed by atoms with Crippen LogP contribution in [0.3, 0.4) is 0 Å². The van der Waals surface area contributed by atoms with E-state index in [0.717, 1.165) is 25.1 Å². The second-order valence-electron chi connectivity index (χ2n) is 5.62. The predicted octanol–water partition coefficient (Wildman–Crippen LogP) is 1.75. The third kappa shape index (κ3) is 3.23. The van der Waals surface area contributed by atoms with E-state index < -0.39 is 0 Å². The van der Waals surface area contributed by atoms with Gasteiger partial charge in [-0.3, -0.25) is 9.69 Å². The zero-order chi connectivity index (χ0) is 14.7. The van der Waals surface area contributed by atoms with Gasteiger partial charge in [0.05, 0.1) is 30.9 Å². The molecule has 1 aromatic rings. The minimum absolute atomic E-state index is 0.00717. The summed E-state index contributed by atoms with van der Waals surface area (Å²) in [4.78, 5) is 14.4. The van der Waals surface area contributed by atoms with Crippen LogP contribution in [0.1, 0.15) is 24.8 Å². The number of nitrogens with one attached hydrogen (secondary N) is 1. The van der Waals surface area contributed by atoms with Crippen molar-refractivity contribution in [1.82, 2.24) is 4.90 Å². The molecule has 2 unspecified atom stereocenters. The maximum absolute atomic E-state index is 12.2. The molecule has 0 spiro atoms. The number of hydrogen-bond acceptors (Lipinski definition) is 4. The predicted molar refractivity (Wildman–Crippen MR) is 78.7 cm³/mol. The molecule has 110 valence electrons. The van der Waals surface area contributed by atoms with Crippen molar-refractivity contribution in [2.75, 3.05) is 25.0 Å². The summed E-state index contributed by atoms with van der Waals surface area (Å²) in [5.74, 6) is -0.00717. The van der Waals surface area contributed by atoms with E-state index in [4.69, 9.17) is 10.00 Å². The lowest BCUT2D eigenvalue weighted by Gasteiger charge is -2.37. The number of carbonyl (C=O) groups excluding carboxylic acids is 1. The number of morpholine rings is 1. The minimum atomic E-state index is -0.00717. The van der Waals surface area contributed by atoms with Crippen molar-refractivity contribution in [3.05, 3.63) is 29.8 Å². The first-order valence-corrected chi connectivity index (χ1v) is 7.42. The normalized spacial score (nSPS) is 25.1. The molecule has 5 heteroatoms. The first-order valence-electron chi connectivity index (χ1n) is 7.42. The Morgan fingerprint density at radius 2 is 2.19 bits per heavy atom. The highest BCUT2D eigenvalue weighted by atomic mass is 16.5. The van der Waals surface area contributed by atoms with Crippen molar-refractivity contribution in [3.8, 4) is 6.07 Å². The second-order valence-corrected chi connectivity index (χ2v) is 5.62. The Morgan fingerprint density at radius 1 is 1.38 bits per heavy atom. The molecule has 1 heterocycles.